The molecule has 0 aliphatic carbocycles. The van der Waals surface area contributed by atoms with Crippen molar-refractivity contribution in [2.24, 2.45) is 0 Å². The predicted octanol–water partition coefficient (Wildman–Crippen LogP) is 4.45. The zero-order chi connectivity index (χ0) is 12.8. The Kier molecular flexibility index (Phi) is 4.30. The van der Waals surface area contributed by atoms with Gasteiger partial charge in [0.05, 0.1) is 0 Å². The zero-order valence-electron chi connectivity index (χ0n) is 10.7. The van der Waals surface area contributed by atoms with E-state index in [1.165, 1.54) is 5.56 Å². The molecule has 1 heteroatoms. The second-order valence-electron chi connectivity index (χ2n) is 4.51. The summed E-state index contributed by atoms with van der Waals surface area (Å²) in [6.45, 7) is 2.13. The molecule has 0 aromatic heterocycles. The average molecular weight is 238 g/mol. The molecule has 0 aliphatic heterocycles. The molecule has 0 saturated heterocycles. The van der Waals surface area contributed by atoms with Crippen LogP contribution in [0.2, 0.25) is 0 Å². The van der Waals surface area contributed by atoms with Gasteiger partial charge in [0.1, 0.15) is 0 Å². The molecule has 0 fully saturated rings. The molecule has 0 aliphatic rings. The highest BCUT2D eigenvalue weighted by Crippen LogP contribution is 2.24. The van der Waals surface area contributed by atoms with Crippen LogP contribution in [0.1, 0.15) is 41.6 Å². The lowest BCUT2D eigenvalue weighted by Crippen LogP contribution is -2.06. The highest BCUT2D eigenvalue weighted by Gasteiger charge is 2.14. The first-order chi connectivity index (χ1) is 8.81. The van der Waals surface area contributed by atoms with E-state index in [-0.39, 0.29) is 5.78 Å². The van der Waals surface area contributed by atoms with Gasteiger partial charge in [-0.25, -0.2) is 0 Å². The highest BCUT2D eigenvalue weighted by molar-refractivity contribution is 5.96. The van der Waals surface area contributed by atoms with E-state index in [1.54, 1.807) is 0 Å². The van der Waals surface area contributed by atoms with E-state index in [9.17, 15) is 4.79 Å². The van der Waals surface area contributed by atoms with E-state index in [1.807, 2.05) is 48.5 Å². The van der Waals surface area contributed by atoms with E-state index in [2.05, 4.69) is 19.1 Å². The summed E-state index contributed by atoms with van der Waals surface area (Å²) in [5.41, 5.74) is 2.07. The van der Waals surface area contributed by atoms with Crippen LogP contribution in [-0.2, 0) is 0 Å². The normalized spacial score (nSPS) is 12.1. The summed E-state index contributed by atoms with van der Waals surface area (Å²) in [4.78, 5) is 12.2. The van der Waals surface area contributed by atoms with E-state index in [0.29, 0.717) is 12.3 Å². The Morgan fingerprint density at radius 3 is 2.06 bits per heavy atom. The number of carbonyl (C=O) groups excluding carboxylic acids is 1. The molecule has 0 spiro atoms. The van der Waals surface area contributed by atoms with Crippen molar-refractivity contribution in [3.63, 3.8) is 0 Å². The number of rotatable bonds is 5. The van der Waals surface area contributed by atoms with Crippen LogP contribution < -0.4 is 0 Å². The van der Waals surface area contributed by atoms with Crippen molar-refractivity contribution >= 4 is 5.78 Å². The van der Waals surface area contributed by atoms with Crippen molar-refractivity contribution in [1.29, 1.82) is 0 Å². The number of ketones is 1. The van der Waals surface area contributed by atoms with Gasteiger partial charge in [-0.3, -0.25) is 4.79 Å². The van der Waals surface area contributed by atoms with Gasteiger partial charge in [0.15, 0.2) is 5.78 Å². The third-order valence-corrected chi connectivity index (χ3v) is 3.29. The Labute approximate surface area is 108 Å². The van der Waals surface area contributed by atoms with Crippen LogP contribution in [0.25, 0.3) is 0 Å². The van der Waals surface area contributed by atoms with Crippen LogP contribution in [0.5, 0.6) is 0 Å². The maximum atomic E-state index is 12.2. The fraction of sp³-hybridized carbons (Fsp3) is 0.235. The molecular formula is C17H18O. The summed E-state index contributed by atoms with van der Waals surface area (Å²) in [5, 5.41) is 0. The smallest absolute Gasteiger partial charge is 0.163 e. The van der Waals surface area contributed by atoms with Crippen molar-refractivity contribution < 1.29 is 4.79 Å². The predicted molar refractivity (Wildman–Crippen MR) is 74.9 cm³/mol. The van der Waals surface area contributed by atoms with Crippen LogP contribution in [0.3, 0.4) is 0 Å². The Hall–Kier alpha value is -1.89. The first-order valence-electron chi connectivity index (χ1n) is 6.44. The van der Waals surface area contributed by atoms with Gasteiger partial charge in [0, 0.05) is 12.0 Å². The zero-order valence-corrected chi connectivity index (χ0v) is 10.7. The Bertz CT molecular complexity index is 488. The van der Waals surface area contributed by atoms with Crippen molar-refractivity contribution in [1.82, 2.24) is 0 Å². The monoisotopic (exact) mass is 238 g/mol. The van der Waals surface area contributed by atoms with Crippen molar-refractivity contribution in [3.05, 3.63) is 71.8 Å². The second kappa shape index (κ2) is 6.15. The van der Waals surface area contributed by atoms with Gasteiger partial charge in [0.25, 0.3) is 0 Å². The average Bonchev–Trinajstić information content (AvgIpc) is 2.46. The molecule has 18 heavy (non-hydrogen) atoms. The number of Topliss-reactive ketones (excluding diaryl/α,β-unsaturated/α-hetero) is 1. The summed E-state index contributed by atoms with van der Waals surface area (Å²) >= 11 is 0. The first kappa shape index (κ1) is 12.6. The third kappa shape index (κ3) is 3.07. The van der Waals surface area contributed by atoms with Crippen LogP contribution in [0.15, 0.2) is 60.7 Å². The number of benzene rings is 2. The topological polar surface area (TPSA) is 17.1 Å². The fourth-order valence-electron chi connectivity index (χ4n) is 2.19. The molecule has 0 N–H and O–H groups in total. The summed E-state index contributed by atoms with van der Waals surface area (Å²) in [6.07, 6.45) is 1.58. The lowest BCUT2D eigenvalue weighted by molar-refractivity contribution is 0.0973. The summed E-state index contributed by atoms with van der Waals surface area (Å²) < 4.78 is 0. The molecule has 1 nitrogen and oxygen atoms in total. The summed E-state index contributed by atoms with van der Waals surface area (Å²) in [6, 6.07) is 19.8. The Morgan fingerprint density at radius 2 is 1.50 bits per heavy atom. The highest BCUT2D eigenvalue weighted by atomic mass is 16.1. The molecule has 0 heterocycles. The van der Waals surface area contributed by atoms with Crippen molar-refractivity contribution in [2.75, 3.05) is 0 Å². The first-order valence-corrected chi connectivity index (χ1v) is 6.44. The molecule has 92 valence electrons. The molecule has 0 unspecified atom stereocenters. The quantitative estimate of drug-likeness (QED) is 0.703. The molecule has 2 aromatic rings. The van der Waals surface area contributed by atoms with Gasteiger partial charge in [-0.1, -0.05) is 67.6 Å². The number of hydrogen-bond acceptors (Lipinski definition) is 1. The van der Waals surface area contributed by atoms with Crippen LogP contribution in [-0.4, -0.2) is 5.78 Å². The molecular weight excluding hydrogens is 220 g/mol. The number of hydrogen-bond donors (Lipinski definition) is 0. The SMILES string of the molecule is CC[C@@H](CC(=O)c1ccccc1)c1ccccc1. The molecule has 2 aromatic carbocycles. The number of carbonyl (C=O) groups is 1. The molecule has 0 bridgehead atoms. The van der Waals surface area contributed by atoms with Gasteiger partial charge >= 0.3 is 0 Å². The van der Waals surface area contributed by atoms with Crippen LogP contribution in [0, 0.1) is 0 Å². The lowest BCUT2D eigenvalue weighted by atomic mass is 9.90. The Balaban J connectivity index is 2.10. The fourth-order valence-corrected chi connectivity index (χ4v) is 2.19. The minimum atomic E-state index is 0.228. The summed E-state index contributed by atoms with van der Waals surface area (Å²) in [5.74, 6) is 0.546. The van der Waals surface area contributed by atoms with E-state index in [4.69, 9.17) is 0 Å². The van der Waals surface area contributed by atoms with E-state index < -0.39 is 0 Å². The Morgan fingerprint density at radius 1 is 0.944 bits per heavy atom. The molecule has 0 radical (unpaired) electrons. The lowest BCUT2D eigenvalue weighted by Gasteiger charge is -2.14. The minimum absolute atomic E-state index is 0.228. The van der Waals surface area contributed by atoms with Gasteiger partial charge < -0.3 is 0 Å². The van der Waals surface area contributed by atoms with Crippen LogP contribution >= 0.6 is 0 Å². The maximum Gasteiger partial charge on any atom is 0.163 e. The molecule has 0 saturated carbocycles. The van der Waals surface area contributed by atoms with E-state index in [0.717, 1.165) is 12.0 Å². The van der Waals surface area contributed by atoms with Gasteiger partial charge in [-0.05, 0) is 17.9 Å². The van der Waals surface area contributed by atoms with Gasteiger partial charge in [-0.2, -0.15) is 0 Å². The van der Waals surface area contributed by atoms with E-state index >= 15 is 0 Å². The van der Waals surface area contributed by atoms with Gasteiger partial charge in [-0.15, -0.1) is 0 Å². The second-order valence-corrected chi connectivity index (χ2v) is 4.51. The van der Waals surface area contributed by atoms with Crippen molar-refractivity contribution in [2.45, 2.75) is 25.7 Å². The largest absolute Gasteiger partial charge is 0.294 e. The molecule has 2 rings (SSSR count). The summed E-state index contributed by atoms with van der Waals surface area (Å²) in [7, 11) is 0. The third-order valence-electron chi connectivity index (χ3n) is 3.29. The molecule has 0 amide bonds. The van der Waals surface area contributed by atoms with Crippen LogP contribution in [0.4, 0.5) is 0 Å². The van der Waals surface area contributed by atoms with Gasteiger partial charge in [0.2, 0.25) is 0 Å². The standard InChI is InChI=1S/C17H18O/c1-2-14(15-9-5-3-6-10-15)13-17(18)16-11-7-4-8-12-16/h3-12,14H,2,13H2,1H3/t14-/m0/s1. The maximum absolute atomic E-state index is 12.2. The van der Waals surface area contributed by atoms with Crippen molar-refractivity contribution in [3.8, 4) is 0 Å². The minimum Gasteiger partial charge on any atom is -0.294 e. The molecule has 1 atom stereocenters.